The predicted octanol–water partition coefficient (Wildman–Crippen LogP) is 2.15. The highest BCUT2D eigenvalue weighted by Crippen LogP contribution is 2.20. The summed E-state index contributed by atoms with van der Waals surface area (Å²) in [5.41, 5.74) is 0.467. The first kappa shape index (κ1) is 18.5. The highest BCUT2D eigenvalue weighted by molar-refractivity contribution is 6.33. The molecule has 2 rings (SSSR count). The third kappa shape index (κ3) is 5.09. The Morgan fingerprint density at radius 3 is 2.56 bits per heavy atom. The molecule has 0 fully saturated rings. The predicted molar refractivity (Wildman–Crippen MR) is 93.4 cm³/mol. The van der Waals surface area contributed by atoms with Gasteiger partial charge in [0.25, 0.3) is 5.91 Å². The monoisotopic (exact) mass is 363 g/mol. The van der Waals surface area contributed by atoms with E-state index < -0.39 is 23.8 Å². The number of carbonyl (C=O) groups is 3. The van der Waals surface area contributed by atoms with Gasteiger partial charge < -0.3 is 20.0 Å². The zero-order valence-electron chi connectivity index (χ0n) is 13.8. The molecule has 0 radical (unpaired) electrons. The average Bonchev–Trinajstić information content (AvgIpc) is 3.10. The van der Waals surface area contributed by atoms with Crippen LogP contribution in [0.5, 0.6) is 0 Å². The molecule has 1 aromatic carbocycles. The van der Waals surface area contributed by atoms with Gasteiger partial charge in [-0.15, -0.1) is 0 Å². The van der Waals surface area contributed by atoms with E-state index >= 15 is 0 Å². The van der Waals surface area contributed by atoms with E-state index in [2.05, 4.69) is 10.6 Å². The van der Waals surface area contributed by atoms with E-state index in [9.17, 15) is 14.4 Å². The van der Waals surface area contributed by atoms with E-state index in [-0.39, 0.29) is 12.3 Å². The number of nitrogens with one attached hydrogen (secondary N) is 2. The summed E-state index contributed by atoms with van der Waals surface area (Å²) < 4.78 is 4.96. The van der Waals surface area contributed by atoms with Crippen LogP contribution in [0.4, 0.5) is 5.69 Å². The summed E-state index contributed by atoms with van der Waals surface area (Å²) in [6.45, 7) is 1.36. The van der Waals surface area contributed by atoms with Gasteiger partial charge in [-0.05, 0) is 31.2 Å². The minimum Gasteiger partial charge on any atom is -0.459 e. The summed E-state index contributed by atoms with van der Waals surface area (Å²) in [7, 11) is 1.48. The molecule has 0 bridgehead atoms. The quantitative estimate of drug-likeness (QED) is 0.822. The Labute approximate surface area is 149 Å². The summed E-state index contributed by atoms with van der Waals surface area (Å²) in [4.78, 5) is 37.4. The number of anilines is 1. The average molecular weight is 364 g/mol. The lowest BCUT2D eigenvalue weighted by Gasteiger charge is -2.21. The van der Waals surface area contributed by atoms with Crippen LogP contribution in [0.15, 0.2) is 47.1 Å². The van der Waals surface area contributed by atoms with E-state index in [0.717, 1.165) is 0 Å². The van der Waals surface area contributed by atoms with Crippen molar-refractivity contribution in [2.75, 3.05) is 18.9 Å². The second-order valence-corrected chi connectivity index (χ2v) is 5.80. The molecule has 3 amide bonds. The molecule has 1 atom stereocenters. The van der Waals surface area contributed by atoms with Crippen molar-refractivity contribution in [3.8, 4) is 0 Å². The molecule has 132 valence electrons. The maximum atomic E-state index is 12.3. The van der Waals surface area contributed by atoms with Crippen LogP contribution in [0.25, 0.3) is 0 Å². The van der Waals surface area contributed by atoms with Crippen molar-refractivity contribution in [1.29, 1.82) is 0 Å². The molecule has 0 saturated carbocycles. The van der Waals surface area contributed by atoms with E-state index in [0.29, 0.717) is 10.7 Å². The van der Waals surface area contributed by atoms with Gasteiger partial charge in [0.15, 0.2) is 5.76 Å². The number of para-hydroxylation sites is 1. The summed E-state index contributed by atoms with van der Waals surface area (Å²) in [6, 6.07) is 9.06. The van der Waals surface area contributed by atoms with Crippen LogP contribution in [0.3, 0.4) is 0 Å². The van der Waals surface area contributed by atoms with Gasteiger partial charge in [0, 0.05) is 7.05 Å². The van der Waals surface area contributed by atoms with Crippen molar-refractivity contribution in [2.24, 2.45) is 0 Å². The number of likely N-dealkylation sites (N-methyl/N-ethyl adjacent to an activating group) is 1. The molecule has 1 heterocycles. The van der Waals surface area contributed by atoms with E-state index in [1.54, 1.807) is 30.3 Å². The largest absolute Gasteiger partial charge is 0.459 e. The van der Waals surface area contributed by atoms with Crippen molar-refractivity contribution in [2.45, 2.75) is 13.0 Å². The number of furan rings is 1. The Balaban J connectivity index is 1.87. The second-order valence-electron chi connectivity index (χ2n) is 5.39. The van der Waals surface area contributed by atoms with Gasteiger partial charge in [0.1, 0.15) is 6.04 Å². The lowest BCUT2D eigenvalue weighted by molar-refractivity contribution is -0.134. The smallest absolute Gasteiger partial charge is 0.287 e. The van der Waals surface area contributed by atoms with Crippen LogP contribution >= 0.6 is 11.6 Å². The number of halogens is 1. The van der Waals surface area contributed by atoms with Crippen LogP contribution in [0.2, 0.25) is 5.02 Å². The highest BCUT2D eigenvalue weighted by Gasteiger charge is 2.22. The van der Waals surface area contributed by atoms with Crippen molar-refractivity contribution >= 4 is 35.0 Å². The van der Waals surface area contributed by atoms with Crippen LogP contribution in [0, 0.1) is 0 Å². The van der Waals surface area contributed by atoms with Gasteiger partial charge >= 0.3 is 0 Å². The molecule has 8 heteroatoms. The van der Waals surface area contributed by atoms with E-state index in [1.807, 2.05) is 0 Å². The first-order valence-corrected chi connectivity index (χ1v) is 7.90. The standard InChI is InChI=1S/C17H18ClN3O4/c1-11(19-16(23)14-8-5-9-25-14)17(24)21(2)10-15(22)20-13-7-4-3-6-12(13)18/h3-9,11H,10H2,1-2H3,(H,19,23)(H,20,22)/t11-/m1/s1. The van der Waals surface area contributed by atoms with Gasteiger partial charge in [0.05, 0.1) is 23.5 Å². The summed E-state index contributed by atoms with van der Waals surface area (Å²) in [5, 5.41) is 5.56. The van der Waals surface area contributed by atoms with Gasteiger partial charge in [0.2, 0.25) is 11.8 Å². The maximum Gasteiger partial charge on any atom is 0.287 e. The number of carbonyl (C=O) groups excluding carboxylic acids is 3. The SMILES string of the molecule is C[C@@H](NC(=O)c1ccco1)C(=O)N(C)CC(=O)Nc1ccccc1Cl. The third-order valence-corrected chi connectivity index (χ3v) is 3.70. The Morgan fingerprint density at radius 1 is 1.20 bits per heavy atom. The lowest BCUT2D eigenvalue weighted by Crippen LogP contribution is -2.47. The van der Waals surface area contributed by atoms with E-state index in [1.165, 1.54) is 31.2 Å². The lowest BCUT2D eigenvalue weighted by atomic mass is 10.2. The molecule has 2 N–H and O–H groups in total. The Morgan fingerprint density at radius 2 is 1.92 bits per heavy atom. The number of rotatable bonds is 6. The summed E-state index contributed by atoms with van der Waals surface area (Å²) in [5.74, 6) is -1.19. The minimum absolute atomic E-state index is 0.110. The molecule has 25 heavy (non-hydrogen) atoms. The highest BCUT2D eigenvalue weighted by atomic mass is 35.5. The number of hydrogen-bond donors (Lipinski definition) is 2. The fourth-order valence-corrected chi connectivity index (χ4v) is 2.30. The number of hydrogen-bond acceptors (Lipinski definition) is 4. The second kappa shape index (κ2) is 8.34. The summed E-state index contributed by atoms with van der Waals surface area (Å²) >= 11 is 5.97. The normalized spacial score (nSPS) is 11.5. The zero-order chi connectivity index (χ0) is 18.4. The van der Waals surface area contributed by atoms with Crippen molar-refractivity contribution < 1.29 is 18.8 Å². The third-order valence-electron chi connectivity index (χ3n) is 3.37. The van der Waals surface area contributed by atoms with Gasteiger partial charge in [-0.25, -0.2) is 0 Å². The van der Waals surface area contributed by atoms with Crippen molar-refractivity contribution in [3.05, 3.63) is 53.4 Å². The minimum atomic E-state index is -0.810. The van der Waals surface area contributed by atoms with Crippen LogP contribution in [0.1, 0.15) is 17.5 Å². The topological polar surface area (TPSA) is 91.7 Å². The fourth-order valence-electron chi connectivity index (χ4n) is 2.11. The first-order chi connectivity index (χ1) is 11.9. The Bertz CT molecular complexity index is 761. The van der Waals surface area contributed by atoms with Gasteiger partial charge in [-0.3, -0.25) is 14.4 Å². The van der Waals surface area contributed by atoms with Crippen LogP contribution < -0.4 is 10.6 Å². The molecule has 0 spiro atoms. The van der Waals surface area contributed by atoms with Crippen molar-refractivity contribution in [3.63, 3.8) is 0 Å². The Hall–Kier alpha value is -2.80. The fraction of sp³-hybridized carbons (Fsp3) is 0.235. The molecule has 1 aromatic heterocycles. The summed E-state index contributed by atoms with van der Waals surface area (Å²) in [6.07, 6.45) is 1.37. The molecule has 0 aliphatic heterocycles. The van der Waals surface area contributed by atoms with Crippen LogP contribution in [-0.2, 0) is 9.59 Å². The number of nitrogens with zero attached hydrogens (tertiary/aromatic N) is 1. The van der Waals surface area contributed by atoms with Gasteiger partial charge in [-0.2, -0.15) is 0 Å². The molecule has 0 saturated heterocycles. The van der Waals surface area contributed by atoms with Crippen molar-refractivity contribution in [1.82, 2.24) is 10.2 Å². The molecule has 0 aliphatic carbocycles. The van der Waals surface area contributed by atoms with Gasteiger partial charge in [-0.1, -0.05) is 23.7 Å². The number of amides is 3. The molecule has 0 unspecified atom stereocenters. The molecule has 2 aromatic rings. The Kier molecular flexibility index (Phi) is 6.19. The molecular formula is C17H18ClN3O4. The van der Waals surface area contributed by atoms with E-state index in [4.69, 9.17) is 16.0 Å². The number of benzene rings is 1. The molecular weight excluding hydrogens is 346 g/mol. The van der Waals surface area contributed by atoms with Crippen LogP contribution in [-0.4, -0.2) is 42.3 Å². The molecule has 7 nitrogen and oxygen atoms in total. The molecule has 0 aliphatic rings. The first-order valence-electron chi connectivity index (χ1n) is 7.52. The maximum absolute atomic E-state index is 12.3. The zero-order valence-corrected chi connectivity index (χ0v) is 14.5.